The molecule has 0 aliphatic carbocycles. The third-order valence-corrected chi connectivity index (χ3v) is 22.7. The van der Waals surface area contributed by atoms with Gasteiger partial charge in [0.15, 0.2) is 16.7 Å². The van der Waals surface area contributed by atoms with Crippen LogP contribution in [0.2, 0.25) is 0 Å². The minimum absolute atomic E-state index is 0.0535. The lowest BCUT2D eigenvalue weighted by Crippen LogP contribution is -2.47. The van der Waals surface area contributed by atoms with Crippen LogP contribution < -0.4 is 29.3 Å². The molecule has 2 N–H and O–H groups in total. The molecule has 19 nitrogen and oxygen atoms in total. The topological polar surface area (TPSA) is 256 Å². The summed E-state index contributed by atoms with van der Waals surface area (Å²) >= 11 is 0. The molecular formula is C58H65N3O16S5. The average Bonchev–Trinajstić information content (AvgIpc) is 2.48. The summed E-state index contributed by atoms with van der Waals surface area (Å²) in [6.07, 6.45) is 2.17. The first-order valence-electron chi connectivity index (χ1n) is 26.7. The number of fused-ring (bicyclic) bond motifs is 8. The Bertz CT molecular complexity index is 3650. The predicted molar refractivity (Wildman–Crippen MR) is 315 cm³/mol. The number of hydrogen-bond acceptors (Lipinski definition) is 17. The highest BCUT2D eigenvalue weighted by molar-refractivity contribution is 8.76. The Morgan fingerprint density at radius 1 is 0.707 bits per heavy atom. The SMILES string of the molecule is CCC(=O)CCC(C)SSCCC(C(=O)Nc1cc(COc2cc3c(cc2C)C(=O)N2c4ccccc4C[C@H]2C(S(=O)(=O)OC)C3)cc(COc2cc3c(cc2OC)C(=O)N2c4ccccc4C[C@H]2C(CS(=O)(=O)O)C3)c1)S(=O)(=O)OC. The van der Waals surface area contributed by atoms with Gasteiger partial charge >= 0.3 is 0 Å². The van der Waals surface area contributed by atoms with Gasteiger partial charge in [0.05, 0.1) is 33.1 Å². The number of nitrogens with zero attached hydrogens (tertiary/aromatic N) is 2. The average molecular weight is 1220 g/mol. The van der Waals surface area contributed by atoms with E-state index >= 15 is 0 Å². The van der Waals surface area contributed by atoms with Crippen molar-refractivity contribution < 1.29 is 71.6 Å². The smallest absolute Gasteiger partial charge is 0.279 e. The molecule has 438 valence electrons. The molecule has 0 aromatic heterocycles. The molecule has 9 rings (SSSR count). The summed E-state index contributed by atoms with van der Waals surface area (Å²) in [4.78, 5) is 58.2. The van der Waals surface area contributed by atoms with Crippen molar-refractivity contribution in [3.63, 3.8) is 0 Å². The lowest BCUT2D eigenvalue weighted by atomic mass is 9.91. The first kappa shape index (κ1) is 60.6. The van der Waals surface area contributed by atoms with Gasteiger partial charge in [-0.3, -0.25) is 32.1 Å². The fourth-order valence-electron chi connectivity index (χ4n) is 11.4. The van der Waals surface area contributed by atoms with Gasteiger partial charge in [-0.25, -0.2) is 0 Å². The van der Waals surface area contributed by atoms with Crippen molar-refractivity contribution in [2.75, 3.05) is 48.0 Å². The Hall–Kier alpha value is -5.99. The highest BCUT2D eigenvalue weighted by atomic mass is 33.1. The molecule has 0 saturated carbocycles. The Kier molecular flexibility index (Phi) is 18.5. The molecule has 0 bridgehead atoms. The number of ketones is 1. The summed E-state index contributed by atoms with van der Waals surface area (Å²) in [5, 5.41) is 0.137. The van der Waals surface area contributed by atoms with Crippen molar-refractivity contribution >= 4 is 92.5 Å². The number of nitrogens with one attached hydrogen (secondary N) is 1. The van der Waals surface area contributed by atoms with Gasteiger partial charge in [-0.2, -0.15) is 25.3 Å². The van der Waals surface area contributed by atoms with Crippen molar-refractivity contribution in [1.82, 2.24) is 0 Å². The highest BCUT2D eigenvalue weighted by Crippen LogP contribution is 2.45. The first-order valence-corrected chi connectivity index (χ1v) is 33.7. The second-order valence-corrected chi connectivity index (χ2v) is 29.1. The zero-order chi connectivity index (χ0) is 58.8. The normalized spacial score (nSPS) is 19.1. The number of aryl methyl sites for hydroxylation is 1. The number of anilines is 3. The summed E-state index contributed by atoms with van der Waals surface area (Å²) in [5.74, 6) is -1.77. The van der Waals surface area contributed by atoms with E-state index in [4.69, 9.17) is 22.6 Å². The van der Waals surface area contributed by atoms with Gasteiger partial charge in [0.25, 0.3) is 42.2 Å². The van der Waals surface area contributed by atoms with Crippen molar-refractivity contribution in [2.24, 2.45) is 5.92 Å². The molecule has 0 radical (unpaired) electrons. The molecule has 4 aliphatic heterocycles. The summed E-state index contributed by atoms with van der Waals surface area (Å²) < 4.78 is 118. The van der Waals surface area contributed by atoms with E-state index in [1.807, 2.05) is 38.1 Å². The van der Waals surface area contributed by atoms with Gasteiger partial charge in [-0.1, -0.05) is 71.8 Å². The molecule has 6 atom stereocenters. The molecule has 4 unspecified atom stereocenters. The van der Waals surface area contributed by atoms with Crippen LogP contribution in [0.4, 0.5) is 17.1 Å². The van der Waals surface area contributed by atoms with E-state index in [-0.39, 0.29) is 83.8 Å². The minimum atomic E-state index is -4.48. The molecule has 82 heavy (non-hydrogen) atoms. The number of para-hydroxylation sites is 2. The quantitative estimate of drug-likeness (QED) is 0.0254. The van der Waals surface area contributed by atoms with Crippen molar-refractivity contribution in [3.8, 4) is 17.2 Å². The molecule has 4 aliphatic rings. The van der Waals surface area contributed by atoms with E-state index in [0.29, 0.717) is 82.6 Å². The van der Waals surface area contributed by atoms with Crippen molar-refractivity contribution in [3.05, 3.63) is 141 Å². The molecule has 0 saturated heterocycles. The van der Waals surface area contributed by atoms with E-state index in [0.717, 1.165) is 25.3 Å². The Morgan fingerprint density at radius 3 is 1.90 bits per heavy atom. The van der Waals surface area contributed by atoms with Crippen LogP contribution in [0.5, 0.6) is 17.2 Å². The fraction of sp³-hybridized carbons (Fsp3) is 0.414. The number of hydrogen-bond donors (Lipinski definition) is 2. The van der Waals surface area contributed by atoms with Crippen LogP contribution >= 0.6 is 21.6 Å². The van der Waals surface area contributed by atoms with Gasteiger partial charge in [0.1, 0.15) is 30.0 Å². The Morgan fingerprint density at radius 2 is 1.29 bits per heavy atom. The lowest BCUT2D eigenvalue weighted by molar-refractivity contribution is -0.119. The largest absolute Gasteiger partial charge is 0.493 e. The highest BCUT2D eigenvalue weighted by Gasteiger charge is 2.48. The van der Waals surface area contributed by atoms with Gasteiger partial charge in [-0.15, -0.1) is 0 Å². The maximum atomic E-state index is 14.5. The molecule has 5 aromatic carbocycles. The minimum Gasteiger partial charge on any atom is -0.493 e. The standard InChI is InChI=1S/C58H65N3O16S5/c1-7-44(62)17-16-35(3)79-78-19-18-54(81(69,70)74-5)56(63)59-43-22-36(31-76-51-27-41-29-55(82(71,72)75-6)50-26-39-13-9-11-15-48(39)61(50)57(64)45(41)20-34(51)2)21-37(23-43)32-77-53-28-40-24-42(33-80(66,67)68)49-25-38-12-8-10-14-47(38)60(49)58(65)46(40)30-52(53)73-4/h8-15,20-23,27-28,30,35,42,49-50,54-55H,7,16-19,24-26,29,31-33H2,1-6H3,(H,59,63)(H,66,67,68)/t35?,42?,49-,50-,54?,55?/m0/s1. The second-order valence-electron chi connectivity index (χ2n) is 20.9. The van der Waals surface area contributed by atoms with Crippen LogP contribution in [0.1, 0.15) is 99.2 Å². The second kappa shape index (κ2) is 25.1. The van der Waals surface area contributed by atoms with Gasteiger partial charge in [0.2, 0.25) is 5.91 Å². The van der Waals surface area contributed by atoms with Crippen LogP contribution in [0.3, 0.4) is 0 Å². The van der Waals surface area contributed by atoms with Crippen LogP contribution in [-0.4, -0.2) is 114 Å². The Balaban J connectivity index is 1.02. The zero-order valence-electron chi connectivity index (χ0n) is 46.1. The van der Waals surface area contributed by atoms with Gasteiger partial charge in [0, 0.05) is 64.0 Å². The number of benzene rings is 5. The van der Waals surface area contributed by atoms with E-state index in [2.05, 4.69) is 5.32 Å². The maximum absolute atomic E-state index is 14.5. The lowest BCUT2D eigenvalue weighted by Gasteiger charge is -2.28. The monoisotopic (exact) mass is 1220 g/mol. The van der Waals surface area contributed by atoms with E-state index in [1.54, 1.807) is 83.5 Å². The summed E-state index contributed by atoms with van der Waals surface area (Å²) in [6.45, 7) is 5.21. The summed E-state index contributed by atoms with van der Waals surface area (Å²) in [7, 11) is -6.68. The predicted octanol–water partition coefficient (Wildman–Crippen LogP) is 8.47. The third-order valence-electron chi connectivity index (χ3n) is 15.5. The molecular weight excluding hydrogens is 1150 g/mol. The number of rotatable bonds is 24. The molecule has 3 amide bonds. The van der Waals surface area contributed by atoms with E-state index in [9.17, 15) is 49.0 Å². The molecule has 4 heterocycles. The molecule has 0 spiro atoms. The number of carbonyl (C=O) groups excluding carboxylic acids is 4. The van der Waals surface area contributed by atoms with Crippen molar-refractivity contribution in [2.45, 2.75) is 113 Å². The molecule has 24 heteroatoms. The number of methoxy groups -OCH3 is 1. The number of carbonyl (C=O) groups is 4. The molecule has 5 aromatic rings. The van der Waals surface area contributed by atoms with E-state index in [1.165, 1.54) is 28.7 Å². The van der Waals surface area contributed by atoms with Gasteiger partial charge < -0.3 is 29.3 Å². The number of amides is 3. The van der Waals surface area contributed by atoms with Crippen LogP contribution in [0.25, 0.3) is 0 Å². The van der Waals surface area contributed by atoms with E-state index < -0.39 is 70.5 Å². The summed E-state index contributed by atoms with van der Waals surface area (Å²) in [6, 6.07) is 24.8. The third kappa shape index (κ3) is 13.2. The maximum Gasteiger partial charge on any atom is 0.279 e. The summed E-state index contributed by atoms with van der Waals surface area (Å²) in [5.41, 5.74) is 6.15. The number of ether oxygens (including phenoxy) is 3. The van der Waals surface area contributed by atoms with Gasteiger partial charge in [-0.05, 0) is 139 Å². The Labute approximate surface area is 486 Å². The zero-order valence-corrected chi connectivity index (χ0v) is 50.2. The fourth-order valence-corrected chi connectivity index (χ4v) is 17.0. The van der Waals surface area contributed by atoms with Crippen molar-refractivity contribution in [1.29, 1.82) is 0 Å². The number of Topliss-reactive ketones (excluding diaryl/α,β-unsaturated/α-hetero) is 1. The molecule has 0 fully saturated rings. The first-order chi connectivity index (χ1) is 39.0. The van der Waals surface area contributed by atoms with Crippen LogP contribution in [-0.2, 0) is 87.2 Å². The van der Waals surface area contributed by atoms with Crippen LogP contribution in [0.15, 0.2) is 91.0 Å². The van der Waals surface area contributed by atoms with Crippen LogP contribution in [0, 0.1) is 12.8 Å².